The molecule has 1 fully saturated rings. The highest BCUT2D eigenvalue weighted by molar-refractivity contribution is 5.95. The van der Waals surface area contributed by atoms with Crippen LogP contribution in [0.4, 0.5) is 5.69 Å². The molecule has 1 aromatic carbocycles. The number of ether oxygens (including phenoxy) is 1. The Morgan fingerprint density at radius 1 is 1.46 bits per heavy atom. The van der Waals surface area contributed by atoms with E-state index in [1.807, 2.05) is 12.1 Å². The van der Waals surface area contributed by atoms with E-state index in [9.17, 15) is 9.59 Å². The molecule has 0 saturated carbocycles. The first-order valence-electron chi connectivity index (χ1n) is 8.61. The highest BCUT2D eigenvalue weighted by Crippen LogP contribution is 2.28. The maximum absolute atomic E-state index is 12.1. The second-order valence-electron chi connectivity index (χ2n) is 6.75. The number of amides is 2. The van der Waals surface area contributed by atoms with Gasteiger partial charge in [0.2, 0.25) is 5.91 Å². The molecule has 130 valence electrons. The van der Waals surface area contributed by atoms with Gasteiger partial charge in [0.1, 0.15) is 5.75 Å². The maximum Gasteiger partial charge on any atom is 0.262 e. The third-order valence-electron chi connectivity index (χ3n) is 4.64. The summed E-state index contributed by atoms with van der Waals surface area (Å²) < 4.78 is 5.32. The number of nitrogens with zero attached hydrogens (tertiary/aromatic N) is 1. The van der Waals surface area contributed by atoms with Crippen molar-refractivity contribution in [2.24, 2.45) is 5.92 Å². The summed E-state index contributed by atoms with van der Waals surface area (Å²) in [5.74, 6) is 1.18. The van der Waals surface area contributed by atoms with E-state index in [-0.39, 0.29) is 18.4 Å². The fraction of sp³-hybridized carbons (Fsp3) is 0.556. The van der Waals surface area contributed by atoms with E-state index in [0.29, 0.717) is 23.8 Å². The van der Waals surface area contributed by atoms with Crippen LogP contribution in [-0.2, 0) is 16.0 Å². The van der Waals surface area contributed by atoms with E-state index in [1.165, 1.54) is 19.4 Å². The first kappa shape index (κ1) is 16.8. The summed E-state index contributed by atoms with van der Waals surface area (Å²) in [6.45, 7) is 3.08. The molecule has 2 heterocycles. The summed E-state index contributed by atoms with van der Waals surface area (Å²) in [6, 6.07) is 5.48. The monoisotopic (exact) mass is 331 g/mol. The van der Waals surface area contributed by atoms with Crippen LogP contribution in [-0.4, -0.2) is 50.0 Å². The molecule has 1 aromatic rings. The van der Waals surface area contributed by atoms with Crippen LogP contribution in [0.3, 0.4) is 0 Å². The average molecular weight is 331 g/mol. The number of carbonyl (C=O) groups excluding carboxylic acids is 2. The van der Waals surface area contributed by atoms with Gasteiger partial charge >= 0.3 is 0 Å². The van der Waals surface area contributed by atoms with Gasteiger partial charge in [-0.25, -0.2) is 0 Å². The Kier molecular flexibility index (Phi) is 5.35. The molecule has 24 heavy (non-hydrogen) atoms. The normalized spacial score (nSPS) is 20.7. The molecule has 0 radical (unpaired) electrons. The number of rotatable bonds is 5. The van der Waals surface area contributed by atoms with Crippen molar-refractivity contribution in [3.05, 3.63) is 23.8 Å². The Bertz CT molecular complexity index is 618. The first-order valence-corrected chi connectivity index (χ1v) is 8.61. The minimum Gasteiger partial charge on any atom is -0.482 e. The number of likely N-dealkylation sites (tertiary alicyclic amines) is 1. The van der Waals surface area contributed by atoms with Crippen molar-refractivity contribution in [3.8, 4) is 5.75 Å². The van der Waals surface area contributed by atoms with Crippen molar-refractivity contribution in [1.29, 1.82) is 0 Å². The molecule has 3 rings (SSSR count). The van der Waals surface area contributed by atoms with Crippen LogP contribution in [0, 0.1) is 5.92 Å². The minimum absolute atomic E-state index is 0.0159. The van der Waals surface area contributed by atoms with Crippen LogP contribution >= 0.6 is 0 Å². The summed E-state index contributed by atoms with van der Waals surface area (Å²) >= 11 is 0. The standard InChI is InChI=1S/C18H25N3O3/c1-21-8-2-3-13(11-21)6-7-19-17(22)10-14-4-5-16-15(9-14)20-18(23)12-24-16/h4-5,9,13H,2-3,6-8,10-12H2,1H3,(H,19,22)(H,20,23)/t13-/m0/s1. The topological polar surface area (TPSA) is 70.7 Å². The van der Waals surface area contributed by atoms with Gasteiger partial charge in [0.25, 0.3) is 5.91 Å². The molecule has 2 N–H and O–H groups in total. The summed E-state index contributed by atoms with van der Waals surface area (Å²) in [4.78, 5) is 25.8. The zero-order chi connectivity index (χ0) is 16.9. The van der Waals surface area contributed by atoms with Crippen molar-refractivity contribution in [3.63, 3.8) is 0 Å². The minimum atomic E-state index is -0.165. The zero-order valence-corrected chi connectivity index (χ0v) is 14.1. The number of benzene rings is 1. The van der Waals surface area contributed by atoms with Gasteiger partial charge in [-0.05, 0) is 56.5 Å². The summed E-state index contributed by atoms with van der Waals surface area (Å²) in [5, 5.41) is 5.77. The van der Waals surface area contributed by atoms with Crippen LogP contribution in [0.2, 0.25) is 0 Å². The number of hydrogen-bond donors (Lipinski definition) is 2. The van der Waals surface area contributed by atoms with Crippen molar-refractivity contribution >= 4 is 17.5 Å². The molecule has 0 spiro atoms. The molecule has 0 unspecified atom stereocenters. The van der Waals surface area contributed by atoms with Crippen molar-refractivity contribution < 1.29 is 14.3 Å². The zero-order valence-electron chi connectivity index (χ0n) is 14.1. The van der Waals surface area contributed by atoms with E-state index in [0.717, 1.165) is 25.1 Å². The van der Waals surface area contributed by atoms with Crippen LogP contribution < -0.4 is 15.4 Å². The van der Waals surface area contributed by atoms with Gasteiger partial charge in [0.15, 0.2) is 6.61 Å². The number of piperidine rings is 1. The molecular weight excluding hydrogens is 306 g/mol. The Morgan fingerprint density at radius 2 is 2.33 bits per heavy atom. The predicted octanol–water partition coefficient (Wildman–Crippen LogP) is 1.41. The Hall–Kier alpha value is -2.08. The van der Waals surface area contributed by atoms with Crippen LogP contribution in [0.15, 0.2) is 18.2 Å². The molecule has 1 atom stereocenters. The third kappa shape index (κ3) is 4.47. The van der Waals surface area contributed by atoms with Crippen molar-refractivity contribution in [2.45, 2.75) is 25.7 Å². The summed E-state index contributed by atoms with van der Waals surface area (Å²) in [7, 11) is 2.16. The number of carbonyl (C=O) groups is 2. The molecule has 0 bridgehead atoms. The molecule has 6 heteroatoms. The average Bonchev–Trinajstić information content (AvgIpc) is 2.54. The maximum atomic E-state index is 12.1. The first-order chi connectivity index (χ1) is 11.6. The molecule has 0 aromatic heterocycles. The van der Waals surface area contributed by atoms with Gasteiger partial charge in [0.05, 0.1) is 12.1 Å². The molecule has 2 aliphatic rings. The number of nitrogens with one attached hydrogen (secondary N) is 2. The fourth-order valence-electron chi connectivity index (χ4n) is 3.41. The van der Waals surface area contributed by atoms with E-state index in [2.05, 4.69) is 22.6 Å². The molecule has 1 saturated heterocycles. The van der Waals surface area contributed by atoms with Gasteiger partial charge in [-0.2, -0.15) is 0 Å². The Balaban J connectivity index is 1.45. The second kappa shape index (κ2) is 7.66. The lowest BCUT2D eigenvalue weighted by Crippen LogP contribution is -2.34. The van der Waals surface area contributed by atoms with Gasteiger partial charge in [-0.15, -0.1) is 0 Å². The van der Waals surface area contributed by atoms with Gasteiger partial charge < -0.3 is 20.3 Å². The highest BCUT2D eigenvalue weighted by Gasteiger charge is 2.18. The summed E-state index contributed by atoms with van der Waals surface area (Å²) in [5.41, 5.74) is 1.51. The molecular formula is C18H25N3O3. The SMILES string of the molecule is CN1CCC[C@@H](CCNC(=O)Cc2ccc3c(c2)NC(=O)CO3)C1. The molecule has 0 aliphatic carbocycles. The Morgan fingerprint density at radius 3 is 3.17 bits per heavy atom. The van der Waals surface area contributed by atoms with E-state index < -0.39 is 0 Å². The summed E-state index contributed by atoms with van der Waals surface area (Å²) in [6.07, 6.45) is 3.85. The lowest BCUT2D eigenvalue weighted by Gasteiger charge is -2.29. The number of fused-ring (bicyclic) bond motifs is 1. The smallest absolute Gasteiger partial charge is 0.262 e. The largest absolute Gasteiger partial charge is 0.482 e. The highest BCUT2D eigenvalue weighted by atomic mass is 16.5. The molecule has 6 nitrogen and oxygen atoms in total. The number of hydrogen-bond acceptors (Lipinski definition) is 4. The lowest BCUT2D eigenvalue weighted by atomic mass is 9.95. The second-order valence-corrected chi connectivity index (χ2v) is 6.75. The van der Waals surface area contributed by atoms with E-state index in [1.54, 1.807) is 6.07 Å². The predicted molar refractivity (Wildman–Crippen MR) is 92.1 cm³/mol. The van der Waals surface area contributed by atoms with Gasteiger partial charge in [0, 0.05) is 13.1 Å². The van der Waals surface area contributed by atoms with Crippen molar-refractivity contribution in [1.82, 2.24) is 10.2 Å². The lowest BCUT2D eigenvalue weighted by molar-refractivity contribution is -0.120. The van der Waals surface area contributed by atoms with Crippen LogP contribution in [0.1, 0.15) is 24.8 Å². The Labute approximate surface area is 142 Å². The van der Waals surface area contributed by atoms with E-state index >= 15 is 0 Å². The van der Waals surface area contributed by atoms with Crippen LogP contribution in [0.25, 0.3) is 0 Å². The molecule has 2 amide bonds. The number of anilines is 1. The quantitative estimate of drug-likeness (QED) is 0.856. The molecule has 2 aliphatic heterocycles. The van der Waals surface area contributed by atoms with Gasteiger partial charge in [-0.1, -0.05) is 6.07 Å². The van der Waals surface area contributed by atoms with E-state index in [4.69, 9.17) is 4.74 Å². The fourth-order valence-corrected chi connectivity index (χ4v) is 3.41. The van der Waals surface area contributed by atoms with Gasteiger partial charge in [-0.3, -0.25) is 9.59 Å². The van der Waals surface area contributed by atoms with Crippen LogP contribution in [0.5, 0.6) is 5.75 Å². The van der Waals surface area contributed by atoms with Crippen molar-refractivity contribution in [2.75, 3.05) is 38.6 Å². The third-order valence-corrected chi connectivity index (χ3v) is 4.64.